The fraction of sp³-hybridized carbons (Fsp3) is 0.143. The molecule has 2 N–H and O–H groups in total. The summed E-state index contributed by atoms with van der Waals surface area (Å²) in [5.74, 6) is -0.503. The number of nitrogens with zero attached hydrogens (tertiary/aromatic N) is 3. The molecule has 0 saturated carbocycles. The van der Waals surface area contributed by atoms with Crippen molar-refractivity contribution in [2.24, 2.45) is 0 Å². The van der Waals surface area contributed by atoms with Crippen LogP contribution in [0.5, 0.6) is 0 Å². The van der Waals surface area contributed by atoms with E-state index in [1.165, 1.54) is 7.11 Å². The molecule has 0 spiro atoms. The molecule has 29 heavy (non-hydrogen) atoms. The van der Waals surface area contributed by atoms with Gasteiger partial charge in [0.1, 0.15) is 0 Å². The quantitative estimate of drug-likeness (QED) is 0.622. The van der Waals surface area contributed by atoms with Gasteiger partial charge in [-0.25, -0.2) is 4.79 Å². The predicted molar refractivity (Wildman–Crippen MR) is 112 cm³/mol. The first kappa shape index (κ1) is 19.8. The van der Waals surface area contributed by atoms with Gasteiger partial charge in [0.2, 0.25) is 0 Å². The lowest BCUT2D eigenvalue weighted by Crippen LogP contribution is -2.17. The zero-order valence-electron chi connectivity index (χ0n) is 16.3. The molecule has 0 radical (unpaired) electrons. The highest BCUT2D eigenvalue weighted by atomic mass is 16.5. The predicted octanol–water partition coefficient (Wildman–Crippen LogP) is 3.33. The maximum Gasteiger partial charge on any atom is 0.339 e. The van der Waals surface area contributed by atoms with Crippen molar-refractivity contribution >= 4 is 34.8 Å². The summed E-state index contributed by atoms with van der Waals surface area (Å²) >= 11 is 0. The highest BCUT2D eigenvalue weighted by Gasteiger charge is 2.15. The molecule has 0 saturated heterocycles. The van der Waals surface area contributed by atoms with E-state index in [9.17, 15) is 9.59 Å². The number of carbonyl (C=O) groups excluding carboxylic acids is 2. The lowest BCUT2D eigenvalue weighted by molar-refractivity contribution is 0.0602. The van der Waals surface area contributed by atoms with Gasteiger partial charge in [0.05, 0.1) is 18.4 Å². The Morgan fingerprint density at radius 2 is 1.66 bits per heavy atom. The van der Waals surface area contributed by atoms with Crippen molar-refractivity contribution in [1.29, 1.82) is 0 Å². The van der Waals surface area contributed by atoms with Gasteiger partial charge in [0.25, 0.3) is 5.91 Å². The standard InChI is InChI=1S/C21H21N5O3/c1-26(2)15-10-8-14(9-11-15)22-19-13-12-18(24-25-19)20(27)23-17-7-5-4-6-16(17)21(28)29-3/h4-13H,1-3H3,(H,22,25)(H,23,27). The maximum atomic E-state index is 12.5. The molecule has 1 aromatic heterocycles. The van der Waals surface area contributed by atoms with Crippen LogP contribution in [-0.4, -0.2) is 43.3 Å². The first-order valence-electron chi connectivity index (χ1n) is 8.85. The summed E-state index contributed by atoms with van der Waals surface area (Å²) in [5.41, 5.74) is 2.67. The monoisotopic (exact) mass is 391 g/mol. The van der Waals surface area contributed by atoms with Crippen molar-refractivity contribution in [2.75, 3.05) is 36.7 Å². The Morgan fingerprint density at radius 3 is 2.28 bits per heavy atom. The van der Waals surface area contributed by atoms with Crippen LogP contribution in [0.25, 0.3) is 0 Å². The van der Waals surface area contributed by atoms with E-state index in [0.717, 1.165) is 11.4 Å². The van der Waals surface area contributed by atoms with Crippen LogP contribution in [0.4, 0.5) is 22.9 Å². The average Bonchev–Trinajstić information content (AvgIpc) is 2.74. The molecule has 8 heteroatoms. The number of benzene rings is 2. The van der Waals surface area contributed by atoms with Crippen LogP contribution in [-0.2, 0) is 4.74 Å². The number of hydrogen-bond donors (Lipinski definition) is 2. The third-order valence-corrected chi connectivity index (χ3v) is 4.13. The first-order chi connectivity index (χ1) is 14.0. The molecule has 1 amide bonds. The topological polar surface area (TPSA) is 96.4 Å². The number of rotatable bonds is 6. The molecule has 0 aliphatic rings. The summed E-state index contributed by atoms with van der Waals surface area (Å²) in [4.78, 5) is 26.3. The average molecular weight is 391 g/mol. The van der Waals surface area contributed by atoms with Crippen molar-refractivity contribution in [3.63, 3.8) is 0 Å². The number of esters is 1. The van der Waals surface area contributed by atoms with E-state index in [0.29, 0.717) is 11.5 Å². The maximum absolute atomic E-state index is 12.5. The van der Waals surface area contributed by atoms with E-state index >= 15 is 0 Å². The largest absolute Gasteiger partial charge is 0.465 e. The number of nitrogens with one attached hydrogen (secondary N) is 2. The lowest BCUT2D eigenvalue weighted by Gasteiger charge is -2.13. The summed E-state index contributed by atoms with van der Waals surface area (Å²) in [5, 5.41) is 13.8. The summed E-state index contributed by atoms with van der Waals surface area (Å²) < 4.78 is 4.73. The lowest BCUT2D eigenvalue weighted by atomic mass is 10.1. The van der Waals surface area contributed by atoms with Crippen LogP contribution in [0, 0.1) is 0 Å². The van der Waals surface area contributed by atoms with Crippen LogP contribution in [0.1, 0.15) is 20.8 Å². The second-order valence-electron chi connectivity index (χ2n) is 6.36. The Kier molecular flexibility index (Phi) is 6.03. The van der Waals surface area contributed by atoms with Gasteiger partial charge in [-0.1, -0.05) is 12.1 Å². The van der Waals surface area contributed by atoms with Crippen LogP contribution < -0.4 is 15.5 Å². The molecule has 0 bridgehead atoms. The number of hydrogen-bond acceptors (Lipinski definition) is 7. The van der Waals surface area contributed by atoms with Gasteiger partial charge >= 0.3 is 5.97 Å². The van der Waals surface area contributed by atoms with Crippen molar-refractivity contribution < 1.29 is 14.3 Å². The first-order valence-corrected chi connectivity index (χ1v) is 8.85. The molecular weight excluding hydrogens is 370 g/mol. The zero-order chi connectivity index (χ0) is 20.8. The Labute approximate surface area is 168 Å². The third kappa shape index (κ3) is 4.86. The second-order valence-corrected chi connectivity index (χ2v) is 6.36. The van der Waals surface area contributed by atoms with E-state index < -0.39 is 11.9 Å². The second kappa shape index (κ2) is 8.83. The van der Waals surface area contributed by atoms with Crippen molar-refractivity contribution in [3.8, 4) is 0 Å². The van der Waals surface area contributed by atoms with Gasteiger partial charge in [-0.3, -0.25) is 4.79 Å². The highest BCUT2D eigenvalue weighted by Crippen LogP contribution is 2.19. The zero-order valence-corrected chi connectivity index (χ0v) is 16.3. The molecule has 1 heterocycles. The van der Waals surface area contributed by atoms with Crippen molar-refractivity contribution in [2.45, 2.75) is 0 Å². The molecule has 0 atom stereocenters. The van der Waals surface area contributed by atoms with Gasteiger partial charge in [-0.2, -0.15) is 0 Å². The molecule has 0 aliphatic carbocycles. The van der Waals surface area contributed by atoms with Crippen molar-refractivity contribution in [3.05, 3.63) is 71.9 Å². The SMILES string of the molecule is COC(=O)c1ccccc1NC(=O)c1ccc(Nc2ccc(N(C)C)cc2)nn1. The fourth-order valence-corrected chi connectivity index (χ4v) is 2.58. The normalized spacial score (nSPS) is 10.2. The van der Waals surface area contributed by atoms with Gasteiger partial charge in [0, 0.05) is 25.5 Å². The molecular formula is C21H21N5O3. The van der Waals surface area contributed by atoms with Crippen molar-refractivity contribution in [1.82, 2.24) is 10.2 Å². The Balaban J connectivity index is 1.68. The molecule has 148 valence electrons. The summed E-state index contributed by atoms with van der Waals surface area (Å²) in [6, 6.07) is 17.6. The Bertz CT molecular complexity index is 1000. The smallest absolute Gasteiger partial charge is 0.339 e. The van der Waals surface area contributed by atoms with Crippen LogP contribution >= 0.6 is 0 Å². The van der Waals surface area contributed by atoms with E-state index in [-0.39, 0.29) is 11.3 Å². The third-order valence-electron chi connectivity index (χ3n) is 4.13. The van der Waals surface area contributed by atoms with E-state index in [2.05, 4.69) is 20.8 Å². The van der Waals surface area contributed by atoms with Crippen LogP contribution in [0.3, 0.4) is 0 Å². The van der Waals surface area contributed by atoms with E-state index in [4.69, 9.17) is 4.74 Å². The molecule has 8 nitrogen and oxygen atoms in total. The fourth-order valence-electron chi connectivity index (χ4n) is 2.58. The minimum absolute atomic E-state index is 0.123. The van der Waals surface area contributed by atoms with Gasteiger partial charge in [-0.15, -0.1) is 10.2 Å². The molecule has 3 rings (SSSR count). The number of anilines is 4. The number of ether oxygens (including phenoxy) is 1. The molecule has 2 aromatic carbocycles. The molecule has 3 aromatic rings. The Hall–Kier alpha value is -3.94. The molecule has 0 unspecified atom stereocenters. The number of para-hydroxylation sites is 1. The van der Waals surface area contributed by atoms with Gasteiger partial charge < -0.3 is 20.3 Å². The minimum Gasteiger partial charge on any atom is -0.465 e. The van der Waals surface area contributed by atoms with Crippen LogP contribution in [0.2, 0.25) is 0 Å². The number of amides is 1. The summed E-state index contributed by atoms with van der Waals surface area (Å²) in [7, 11) is 5.23. The van der Waals surface area contributed by atoms with E-state index in [1.54, 1.807) is 36.4 Å². The van der Waals surface area contributed by atoms with E-state index in [1.807, 2.05) is 43.3 Å². The summed E-state index contributed by atoms with van der Waals surface area (Å²) in [6.45, 7) is 0. The number of carbonyl (C=O) groups is 2. The van der Waals surface area contributed by atoms with Gasteiger partial charge in [0.15, 0.2) is 11.5 Å². The molecule has 0 fully saturated rings. The number of aromatic nitrogens is 2. The molecule has 0 aliphatic heterocycles. The highest BCUT2D eigenvalue weighted by molar-refractivity contribution is 6.07. The van der Waals surface area contributed by atoms with Crippen LogP contribution in [0.15, 0.2) is 60.7 Å². The summed E-state index contributed by atoms with van der Waals surface area (Å²) in [6.07, 6.45) is 0. The number of methoxy groups -OCH3 is 1. The Morgan fingerprint density at radius 1 is 0.931 bits per heavy atom. The van der Waals surface area contributed by atoms with Gasteiger partial charge in [-0.05, 0) is 48.5 Å². The minimum atomic E-state index is -0.535.